The topological polar surface area (TPSA) is 70.7 Å². The first-order valence-corrected chi connectivity index (χ1v) is 10.7. The molecule has 0 spiro atoms. The Hall–Kier alpha value is -2.36. The average molecular weight is 492 g/mol. The van der Waals surface area contributed by atoms with Gasteiger partial charge in [-0.3, -0.25) is 14.5 Å². The summed E-state index contributed by atoms with van der Waals surface area (Å²) in [6.45, 7) is 0.578. The molecule has 0 aromatic heterocycles. The van der Waals surface area contributed by atoms with Gasteiger partial charge in [0.15, 0.2) is 5.11 Å². The lowest BCUT2D eigenvalue weighted by Gasteiger charge is -2.15. The van der Waals surface area contributed by atoms with E-state index in [2.05, 4.69) is 26.6 Å². The number of ether oxygens (including phenoxy) is 1. The third-order valence-electron chi connectivity index (χ3n) is 3.99. The van der Waals surface area contributed by atoms with Crippen molar-refractivity contribution in [2.75, 3.05) is 25.5 Å². The van der Waals surface area contributed by atoms with Crippen molar-refractivity contribution in [3.8, 4) is 5.75 Å². The molecule has 2 amide bonds. The summed E-state index contributed by atoms with van der Waals surface area (Å²) in [4.78, 5) is 26.4. The van der Waals surface area contributed by atoms with Gasteiger partial charge in [-0.2, -0.15) is 0 Å². The number of anilines is 1. The van der Waals surface area contributed by atoms with E-state index in [1.165, 1.54) is 4.90 Å². The first kappa shape index (κ1) is 21.4. The van der Waals surface area contributed by atoms with Gasteiger partial charge >= 0.3 is 0 Å². The van der Waals surface area contributed by atoms with Gasteiger partial charge in [-0.25, -0.2) is 0 Å². The first-order chi connectivity index (χ1) is 14.0. The van der Waals surface area contributed by atoms with Crippen LogP contribution in [-0.2, 0) is 4.79 Å². The number of methoxy groups -OCH3 is 1. The Morgan fingerprint density at radius 3 is 2.69 bits per heavy atom. The van der Waals surface area contributed by atoms with Crippen LogP contribution in [0.5, 0.6) is 5.75 Å². The predicted octanol–water partition coefficient (Wildman–Crippen LogP) is 4.48. The van der Waals surface area contributed by atoms with Crippen LogP contribution in [0.2, 0.25) is 0 Å². The van der Waals surface area contributed by atoms with Crippen LogP contribution in [0.4, 0.5) is 10.5 Å². The maximum atomic E-state index is 12.5. The van der Waals surface area contributed by atoms with E-state index in [-0.39, 0.29) is 17.7 Å². The van der Waals surface area contributed by atoms with Crippen molar-refractivity contribution in [3.05, 3.63) is 63.5 Å². The van der Waals surface area contributed by atoms with E-state index >= 15 is 0 Å². The van der Waals surface area contributed by atoms with Gasteiger partial charge in [0, 0.05) is 23.2 Å². The lowest BCUT2D eigenvalue weighted by molar-refractivity contribution is -0.122. The number of hydrogen-bond donors (Lipinski definition) is 2. The number of rotatable bonds is 6. The van der Waals surface area contributed by atoms with Crippen LogP contribution < -0.4 is 15.4 Å². The molecule has 2 aromatic rings. The van der Waals surface area contributed by atoms with Gasteiger partial charge in [-0.1, -0.05) is 28.1 Å². The van der Waals surface area contributed by atoms with Crippen molar-refractivity contribution in [3.63, 3.8) is 0 Å². The number of amides is 2. The fourth-order valence-corrected chi connectivity index (χ4v) is 4.07. The summed E-state index contributed by atoms with van der Waals surface area (Å²) in [6, 6.07) is 14.9. The van der Waals surface area contributed by atoms with Gasteiger partial charge in [-0.15, -0.1) is 0 Å². The Labute approximate surface area is 186 Å². The fourth-order valence-electron chi connectivity index (χ4n) is 2.57. The minimum absolute atomic E-state index is 0.227. The molecule has 0 unspecified atom stereocenters. The third kappa shape index (κ3) is 5.81. The summed E-state index contributed by atoms with van der Waals surface area (Å²) in [6.07, 6.45) is 1.72. The molecule has 0 atom stereocenters. The number of benzene rings is 2. The SMILES string of the molecule is COc1ccc(NC(=S)NCCN2C(=O)S/C(=C/c3cccc(Br)c3)C2=O)cc1. The summed E-state index contributed by atoms with van der Waals surface area (Å²) >= 11 is 9.60. The molecule has 1 aliphatic rings. The molecular formula is C20H18BrN3O3S2. The van der Waals surface area contributed by atoms with E-state index in [1.807, 2.05) is 48.5 Å². The lowest BCUT2D eigenvalue weighted by atomic mass is 10.2. The molecule has 2 N–H and O–H groups in total. The van der Waals surface area contributed by atoms with Crippen LogP contribution in [0, 0.1) is 0 Å². The summed E-state index contributed by atoms with van der Waals surface area (Å²) in [5, 5.41) is 6.17. The molecule has 1 fully saturated rings. The largest absolute Gasteiger partial charge is 0.497 e. The highest BCUT2D eigenvalue weighted by Gasteiger charge is 2.34. The number of carbonyl (C=O) groups is 2. The van der Waals surface area contributed by atoms with Crippen molar-refractivity contribution < 1.29 is 14.3 Å². The molecule has 0 aliphatic carbocycles. The minimum atomic E-state index is -0.296. The van der Waals surface area contributed by atoms with Crippen LogP contribution in [0.25, 0.3) is 6.08 Å². The summed E-state index contributed by atoms with van der Waals surface area (Å²) < 4.78 is 6.02. The van der Waals surface area contributed by atoms with E-state index in [4.69, 9.17) is 17.0 Å². The van der Waals surface area contributed by atoms with Crippen LogP contribution in [-0.4, -0.2) is 41.4 Å². The van der Waals surface area contributed by atoms with Crippen LogP contribution in [0.15, 0.2) is 57.9 Å². The Balaban J connectivity index is 1.51. The molecule has 1 saturated heterocycles. The molecule has 6 nitrogen and oxygen atoms in total. The van der Waals surface area contributed by atoms with Crippen molar-refractivity contribution in [1.82, 2.24) is 10.2 Å². The minimum Gasteiger partial charge on any atom is -0.497 e. The van der Waals surface area contributed by atoms with Gasteiger partial charge in [-0.05, 0) is 72.0 Å². The van der Waals surface area contributed by atoms with E-state index in [1.54, 1.807) is 13.2 Å². The smallest absolute Gasteiger partial charge is 0.293 e. The number of halogens is 1. The quantitative estimate of drug-likeness (QED) is 0.455. The molecule has 1 heterocycles. The van der Waals surface area contributed by atoms with E-state index in [0.717, 1.165) is 33.2 Å². The van der Waals surface area contributed by atoms with Crippen LogP contribution in [0.3, 0.4) is 0 Å². The van der Waals surface area contributed by atoms with Crippen molar-refractivity contribution in [2.24, 2.45) is 0 Å². The summed E-state index contributed by atoms with van der Waals surface area (Å²) in [5.74, 6) is 0.459. The van der Waals surface area contributed by atoms with Crippen molar-refractivity contribution >= 4 is 67.9 Å². The summed E-state index contributed by atoms with van der Waals surface area (Å²) in [5.41, 5.74) is 1.67. The van der Waals surface area contributed by atoms with Crippen LogP contribution in [0.1, 0.15) is 5.56 Å². The molecule has 0 saturated carbocycles. The highest BCUT2D eigenvalue weighted by molar-refractivity contribution is 9.10. The van der Waals surface area contributed by atoms with Gasteiger partial charge in [0.1, 0.15) is 5.75 Å². The average Bonchev–Trinajstić information content (AvgIpc) is 2.96. The Morgan fingerprint density at radius 1 is 1.24 bits per heavy atom. The Morgan fingerprint density at radius 2 is 2.00 bits per heavy atom. The Kier molecular flexibility index (Phi) is 7.29. The number of imide groups is 1. The van der Waals surface area contributed by atoms with Gasteiger partial charge in [0.05, 0.1) is 12.0 Å². The van der Waals surface area contributed by atoms with E-state index in [0.29, 0.717) is 16.6 Å². The number of hydrogen-bond acceptors (Lipinski definition) is 5. The van der Waals surface area contributed by atoms with Crippen molar-refractivity contribution in [2.45, 2.75) is 0 Å². The molecule has 150 valence electrons. The fraction of sp³-hybridized carbons (Fsp3) is 0.150. The number of thioether (sulfide) groups is 1. The zero-order valence-corrected chi connectivity index (χ0v) is 18.7. The monoisotopic (exact) mass is 491 g/mol. The molecule has 2 aromatic carbocycles. The third-order valence-corrected chi connectivity index (χ3v) is 5.64. The number of nitrogens with one attached hydrogen (secondary N) is 2. The van der Waals surface area contributed by atoms with Crippen LogP contribution >= 0.6 is 39.9 Å². The molecule has 29 heavy (non-hydrogen) atoms. The second kappa shape index (κ2) is 9.91. The lowest BCUT2D eigenvalue weighted by Crippen LogP contribution is -2.38. The normalized spacial score (nSPS) is 15.0. The van der Waals surface area contributed by atoms with E-state index < -0.39 is 0 Å². The number of thiocarbonyl (C=S) groups is 1. The molecule has 3 rings (SSSR count). The number of carbonyl (C=O) groups excluding carboxylic acids is 2. The maximum absolute atomic E-state index is 12.5. The zero-order chi connectivity index (χ0) is 20.8. The van der Waals surface area contributed by atoms with Crippen molar-refractivity contribution in [1.29, 1.82) is 0 Å². The molecule has 0 radical (unpaired) electrons. The van der Waals surface area contributed by atoms with E-state index in [9.17, 15) is 9.59 Å². The highest BCUT2D eigenvalue weighted by atomic mass is 79.9. The second-order valence-corrected chi connectivity index (χ2v) is 8.31. The second-order valence-electron chi connectivity index (χ2n) is 6.00. The first-order valence-electron chi connectivity index (χ1n) is 8.66. The standard InChI is InChI=1S/C20H18BrN3O3S2/c1-27-16-7-5-15(6-8-16)23-19(28)22-9-10-24-18(25)17(29-20(24)26)12-13-3-2-4-14(21)11-13/h2-8,11-12H,9-10H2,1H3,(H2,22,23,28)/b17-12+. The zero-order valence-electron chi connectivity index (χ0n) is 15.5. The van der Waals surface area contributed by atoms with Gasteiger partial charge in [0.25, 0.3) is 11.1 Å². The Bertz CT molecular complexity index is 964. The molecular weight excluding hydrogens is 474 g/mol. The predicted molar refractivity (Wildman–Crippen MR) is 124 cm³/mol. The molecule has 1 aliphatic heterocycles. The van der Waals surface area contributed by atoms with Gasteiger partial charge in [0.2, 0.25) is 0 Å². The summed E-state index contributed by atoms with van der Waals surface area (Å²) in [7, 11) is 1.60. The van der Waals surface area contributed by atoms with Gasteiger partial charge < -0.3 is 15.4 Å². The molecule has 0 bridgehead atoms. The highest BCUT2D eigenvalue weighted by Crippen LogP contribution is 2.32. The maximum Gasteiger partial charge on any atom is 0.293 e. The molecule has 9 heteroatoms. The number of nitrogens with zero attached hydrogens (tertiary/aromatic N) is 1.